The summed E-state index contributed by atoms with van der Waals surface area (Å²) in [7, 11) is 0. The molecule has 0 bridgehead atoms. The molecule has 0 aliphatic carbocycles. The first-order chi connectivity index (χ1) is 18.3. The Balaban J connectivity index is 1.46. The number of aliphatic hydroxyl groups is 1. The molecule has 38 heavy (non-hydrogen) atoms. The maximum Gasteiger partial charge on any atom is 0.251 e. The lowest BCUT2D eigenvalue weighted by Gasteiger charge is -2.19. The number of imidazole rings is 1. The third-order valence-corrected chi connectivity index (χ3v) is 6.01. The van der Waals surface area contributed by atoms with Crippen LogP contribution in [0.3, 0.4) is 0 Å². The Hall–Kier alpha value is -4.68. The number of carbonyl (C=O) groups is 2. The topological polar surface area (TPSA) is 143 Å². The summed E-state index contributed by atoms with van der Waals surface area (Å²) in [5, 5.41) is 22.0. The minimum absolute atomic E-state index is 0.0812. The number of ether oxygens (including phenoxy) is 1. The number of nitrogens with zero attached hydrogens (tertiary/aromatic N) is 3. The Kier molecular flexibility index (Phi) is 8.04. The molecule has 4 N–H and O–H groups in total. The van der Waals surface area contributed by atoms with Gasteiger partial charge in [0.15, 0.2) is 0 Å². The first-order valence-corrected chi connectivity index (χ1v) is 12.3. The molecule has 4 aromatic rings. The van der Waals surface area contributed by atoms with Crippen molar-refractivity contribution in [2.75, 3.05) is 6.61 Å². The fourth-order valence-corrected chi connectivity index (χ4v) is 4.14. The second-order valence-electron chi connectivity index (χ2n) is 9.24. The van der Waals surface area contributed by atoms with Gasteiger partial charge in [-0.15, -0.1) is 0 Å². The van der Waals surface area contributed by atoms with Crippen LogP contribution in [0.25, 0.3) is 16.9 Å². The van der Waals surface area contributed by atoms with Crippen molar-refractivity contribution in [2.45, 2.75) is 38.8 Å². The van der Waals surface area contributed by atoms with E-state index in [1.165, 1.54) is 6.07 Å². The summed E-state index contributed by atoms with van der Waals surface area (Å²) in [6.45, 7) is 3.65. The van der Waals surface area contributed by atoms with E-state index in [2.05, 4.69) is 16.4 Å². The van der Waals surface area contributed by atoms with Crippen molar-refractivity contribution < 1.29 is 19.4 Å². The number of hydrogen-bond donors (Lipinski definition) is 3. The van der Waals surface area contributed by atoms with Crippen LogP contribution in [-0.2, 0) is 6.42 Å². The van der Waals surface area contributed by atoms with Gasteiger partial charge in [0.25, 0.3) is 5.91 Å². The van der Waals surface area contributed by atoms with Crippen LogP contribution >= 0.6 is 0 Å². The molecule has 194 valence electrons. The van der Waals surface area contributed by atoms with E-state index in [4.69, 9.17) is 10.5 Å². The Labute approximate surface area is 220 Å². The second kappa shape index (κ2) is 11.6. The standard InChI is InChI=1S/C29H29N5O4/c1-18(2)38-26-8-7-22(14-23(26)16-30)29(37)32-24(10-12-35)13-19-3-5-20(6-4-19)25-17-34-11-9-21(28(31)36)15-27(34)33-25/h3-9,11,14-15,17-18,24,35H,10,12-13H2,1-2H3,(H2,31,36)(H,32,37). The van der Waals surface area contributed by atoms with Gasteiger partial charge in [0.05, 0.1) is 17.4 Å². The highest BCUT2D eigenvalue weighted by molar-refractivity contribution is 5.95. The fraction of sp³-hybridized carbons (Fsp3) is 0.241. The Morgan fingerprint density at radius 1 is 1.13 bits per heavy atom. The number of benzene rings is 2. The average molecular weight is 512 g/mol. The van der Waals surface area contributed by atoms with Gasteiger partial charge in [0, 0.05) is 41.7 Å². The Morgan fingerprint density at radius 3 is 2.55 bits per heavy atom. The number of pyridine rings is 1. The first-order valence-electron chi connectivity index (χ1n) is 12.3. The maximum absolute atomic E-state index is 12.9. The fourth-order valence-electron chi connectivity index (χ4n) is 4.14. The summed E-state index contributed by atoms with van der Waals surface area (Å²) in [6.07, 6.45) is 4.41. The van der Waals surface area contributed by atoms with Crippen LogP contribution in [0.2, 0.25) is 0 Å². The van der Waals surface area contributed by atoms with E-state index in [0.717, 1.165) is 16.8 Å². The normalized spacial score (nSPS) is 11.8. The van der Waals surface area contributed by atoms with E-state index < -0.39 is 5.91 Å². The van der Waals surface area contributed by atoms with Gasteiger partial charge in [-0.25, -0.2) is 4.98 Å². The zero-order chi connectivity index (χ0) is 27.2. The number of aromatic nitrogens is 2. The van der Waals surface area contributed by atoms with Crippen molar-refractivity contribution in [3.63, 3.8) is 0 Å². The monoisotopic (exact) mass is 511 g/mol. The molecule has 0 aliphatic rings. The van der Waals surface area contributed by atoms with Gasteiger partial charge >= 0.3 is 0 Å². The third kappa shape index (κ3) is 6.17. The summed E-state index contributed by atoms with van der Waals surface area (Å²) in [5.41, 5.74) is 9.64. The Morgan fingerprint density at radius 2 is 1.89 bits per heavy atom. The van der Waals surface area contributed by atoms with E-state index in [9.17, 15) is 20.0 Å². The number of fused-ring (bicyclic) bond motifs is 1. The lowest BCUT2D eigenvalue weighted by molar-refractivity contribution is 0.0929. The average Bonchev–Trinajstić information content (AvgIpc) is 3.32. The molecule has 2 aromatic heterocycles. The zero-order valence-electron chi connectivity index (χ0n) is 21.2. The molecule has 2 aromatic carbocycles. The number of nitrogens with two attached hydrogens (primary N) is 1. The molecule has 2 amide bonds. The van der Waals surface area contributed by atoms with Crippen molar-refractivity contribution in [1.29, 1.82) is 5.26 Å². The number of aliphatic hydroxyl groups excluding tert-OH is 1. The molecule has 0 radical (unpaired) electrons. The maximum atomic E-state index is 12.9. The highest BCUT2D eigenvalue weighted by Crippen LogP contribution is 2.23. The number of amides is 2. The highest BCUT2D eigenvalue weighted by Gasteiger charge is 2.17. The van der Waals surface area contributed by atoms with Gasteiger partial charge in [-0.1, -0.05) is 24.3 Å². The molecule has 4 rings (SSSR count). The quantitative estimate of drug-likeness (QED) is 0.297. The van der Waals surface area contributed by atoms with Gasteiger partial charge in [0.1, 0.15) is 17.5 Å². The molecule has 0 saturated heterocycles. The van der Waals surface area contributed by atoms with Gasteiger partial charge in [-0.3, -0.25) is 9.59 Å². The predicted octanol–water partition coefficient (Wildman–Crippen LogP) is 3.48. The van der Waals surface area contributed by atoms with E-state index in [-0.39, 0.29) is 24.7 Å². The number of hydrogen-bond acceptors (Lipinski definition) is 6. The van der Waals surface area contributed by atoms with Crippen LogP contribution in [0, 0.1) is 11.3 Å². The lowest BCUT2D eigenvalue weighted by Crippen LogP contribution is -2.37. The largest absolute Gasteiger partial charge is 0.490 e. The molecular formula is C29H29N5O4. The smallest absolute Gasteiger partial charge is 0.251 e. The molecular weight excluding hydrogens is 482 g/mol. The van der Waals surface area contributed by atoms with Crippen molar-refractivity contribution in [3.8, 4) is 23.1 Å². The van der Waals surface area contributed by atoms with Crippen LogP contribution in [0.5, 0.6) is 5.75 Å². The van der Waals surface area contributed by atoms with E-state index >= 15 is 0 Å². The highest BCUT2D eigenvalue weighted by atomic mass is 16.5. The summed E-state index contributed by atoms with van der Waals surface area (Å²) >= 11 is 0. The number of rotatable bonds is 10. The molecule has 1 unspecified atom stereocenters. The predicted molar refractivity (Wildman–Crippen MR) is 143 cm³/mol. The lowest BCUT2D eigenvalue weighted by atomic mass is 10.0. The van der Waals surface area contributed by atoms with Crippen molar-refractivity contribution in [3.05, 3.63) is 89.2 Å². The number of nitriles is 1. The summed E-state index contributed by atoms with van der Waals surface area (Å²) in [5.74, 6) is -0.397. The SMILES string of the molecule is CC(C)Oc1ccc(C(=O)NC(CCO)Cc2ccc(-c3cn4ccc(C(N)=O)cc4n3)cc2)cc1C#N. The molecule has 0 spiro atoms. The molecule has 9 heteroatoms. The van der Waals surface area contributed by atoms with E-state index in [1.54, 1.807) is 30.5 Å². The van der Waals surface area contributed by atoms with E-state index in [1.807, 2.05) is 48.7 Å². The van der Waals surface area contributed by atoms with Crippen LogP contribution in [-0.4, -0.2) is 45.1 Å². The second-order valence-corrected chi connectivity index (χ2v) is 9.24. The minimum atomic E-state index is -0.506. The summed E-state index contributed by atoms with van der Waals surface area (Å²) < 4.78 is 7.45. The molecule has 1 atom stereocenters. The summed E-state index contributed by atoms with van der Waals surface area (Å²) in [6, 6.07) is 17.6. The molecule has 9 nitrogen and oxygen atoms in total. The zero-order valence-corrected chi connectivity index (χ0v) is 21.2. The van der Waals surface area contributed by atoms with Crippen molar-refractivity contribution >= 4 is 17.5 Å². The number of nitrogens with one attached hydrogen (secondary N) is 1. The van der Waals surface area contributed by atoms with Crippen LogP contribution in [0.1, 0.15) is 52.1 Å². The van der Waals surface area contributed by atoms with Crippen LogP contribution in [0.15, 0.2) is 67.0 Å². The number of carbonyl (C=O) groups excluding carboxylic acids is 2. The van der Waals surface area contributed by atoms with Crippen LogP contribution in [0.4, 0.5) is 0 Å². The van der Waals surface area contributed by atoms with Crippen LogP contribution < -0.4 is 15.8 Å². The molecule has 2 heterocycles. The van der Waals surface area contributed by atoms with Crippen molar-refractivity contribution in [2.24, 2.45) is 5.73 Å². The summed E-state index contributed by atoms with van der Waals surface area (Å²) in [4.78, 5) is 29.0. The van der Waals surface area contributed by atoms with Crippen molar-refractivity contribution in [1.82, 2.24) is 14.7 Å². The van der Waals surface area contributed by atoms with Gasteiger partial charge in [0.2, 0.25) is 5.91 Å². The van der Waals surface area contributed by atoms with Gasteiger partial charge < -0.3 is 25.3 Å². The van der Waals surface area contributed by atoms with Gasteiger partial charge in [-0.05, 0) is 62.6 Å². The first kappa shape index (κ1) is 26.4. The Bertz CT molecular complexity index is 1500. The third-order valence-electron chi connectivity index (χ3n) is 6.01. The van der Waals surface area contributed by atoms with Gasteiger partial charge in [-0.2, -0.15) is 5.26 Å². The minimum Gasteiger partial charge on any atom is -0.490 e. The molecule has 0 saturated carbocycles. The van der Waals surface area contributed by atoms with E-state index in [0.29, 0.717) is 40.9 Å². The number of primary amides is 1. The molecule has 0 aliphatic heterocycles. The molecule has 0 fully saturated rings.